The summed E-state index contributed by atoms with van der Waals surface area (Å²) in [5.41, 5.74) is -8.11. The van der Waals surface area contributed by atoms with Gasteiger partial charge in [-0.3, -0.25) is 14.2 Å². The number of carbonyl (C=O) groups is 1. The van der Waals surface area contributed by atoms with Gasteiger partial charge >= 0.3 is 21.7 Å². The molecule has 1 amide bonds. The van der Waals surface area contributed by atoms with Crippen molar-refractivity contribution in [1.82, 2.24) is 14.3 Å². The number of para-hydroxylation sites is 2. The summed E-state index contributed by atoms with van der Waals surface area (Å²) in [6, 6.07) is 8.99. The average molecular weight is 479 g/mol. The van der Waals surface area contributed by atoms with Gasteiger partial charge < -0.3 is 0 Å². The van der Waals surface area contributed by atoms with E-state index in [1.54, 1.807) is 0 Å². The monoisotopic (exact) mass is 479 g/mol. The minimum Gasteiger partial charge on any atom is -0.295 e. The third kappa shape index (κ3) is 4.59. The number of alkyl halides is 6. The number of carbonyl (C=O) groups excluding carboxylic acids is 1. The Balaban J connectivity index is 2.08. The Labute approximate surface area is 175 Å². The summed E-state index contributed by atoms with van der Waals surface area (Å²) in [4.78, 5) is 28.9. The summed E-state index contributed by atoms with van der Waals surface area (Å²) in [7, 11) is -6.00. The number of hydrogen-bond acceptors (Lipinski definition) is 5. The number of nitrogens with one attached hydrogen (secondary N) is 1. The van der Waals surface area contributed by atoms with Crippen LogP contribution in [0, 0.1) is 0 Å². The minimum atomic E-state index is -6.00. The second-order valence-electron chi connectivity index (χ2n) is 6.39. The Morgan fingerprint density at radius 3 is 2.12 bits per heavy atom. The summed E-state index contributed by atoms with van der Waals surface area (Å²) in [6.45, 7) is -1.12. The van der Waals surface area contributed by atoms with Gasteiger partial charge in [0, 0.05) is 5.56 Å². The van der Waals surface area contributed by atoms with Crippen molar-refractivity contribution in [2.45, 2.75) is 18.2 Å². The molecule has 0 saturated heterocycles. The molecule has 0 atom stereocenters. The van der Waals surface area contributed by atoms with Crippen LogP contribution in [0.25, 0.3) is 22.3 Å². The van der Waals surface area contributed by atoms with Gasteiger partial charge in [0.15, 0.2) is 0 Å². The fourth-order valence-electron chi connectivity index (χ4n) is 2.74. The van der Waals surface area contributed by atoms with Crippen LogP contribution in [0.3, 0.4) is 0 Å². The molecule has 0 radical (unpaired) electrons. The lowest BCUT2D eigenvalue weighted by atomic mass is 10.1. The van der Waals surface area contributed by atoms with Gasteiger partial charge in [-0.05, 0) is 24.3 Å². The number of rotatable bonds is 4. The molecule has 2 aromatic carbocycles. The van der Waals surface area contributed by atoms with Gasteiger partial charge in [0.05, 0.1) is 16.6 Å². The highest BCUT2D eigenvalue weighted by Gasteiger charge is 2.47. The molecule has 32 heavy (non-hydrogen) atoms. The molecule has 7 nitrogen and oxygen atoms in total. The molecule has 0 saturated carbocycles. The van der Waals surface area contributed by atoms with Crippen molar-refractivity contribution < 1.29 is 39.6 Å². The topological polar surface area (TPSA) is 98.1 Å². The molecule has 0 fully saturated rings. The van der Waals surface area contributed by atoms with Gasteiger partial charge in [-0.2, -0.15) is 34.8 Å². The molecule has 0 aliphatic carbocycles. The van der Waals surface area contributed by atoms with Crippen LogP contribution >= 0.6 is 0 Å². The molecule has 3 rings (SSSR count). The Bertz CT molecular complexity index is 1350. The zero-order valence-electron chi connectivity index (χ0n) is 15.5. The zero-order chi connectivity index (χ0) is 23.9. The van der Waals surface area contributed by atoms with Crippen LogP contribution in [0.15, 0.2) is 53.3 Å². The lowest BCUT2D eigenvalue weighted by Crippen LogP contribution is -2.42. The first-order valence-electron chi connectivity index (χ1n) is 8.50. The quantitative estimate of drug-likeness (QED) is 0.581. The molecular weight excluding hydrogens is 468 g/mol. The number of nitrogens with zero attached hydrogens (tertiary/aromatic N) is 2. The standard InChI is InChI=1S/C18H11F6N3O4S/c19-17(20,21)11-7-5-10(6-8-11)15-16(29)27(13-4-2-1-3-12(13)25-15)9-14(28)26-32(30,31)18(22,23)24/h1-8H,9H2,(H,26,28). The molecular formula is C18H11F6N3O4S. The summed E-state index contributed by atoms with van der Waals surface area (Å²) >= 11 is 0. The van der Waals surface area contributed by atoms with Crippen molar-refractivity contribution in [3.05, 3.63) is 64.4 Å². The van der Waals surface area contributed by atoms with Gasteiger partial charge in [-0.25, -0.2) is 9.71 Å². The van der Waals surface area contributed by atoms with Crippen molar-refractivity contribution >= 4 is 27.0 Å². The zero-order valence-corrected chi connectivity index (χ0v) is 16.3. The Hall–Kier alpha value is -3.42. The van der Waals surface area contributed by atoms with E-state index in [0.29, 0.717) is 16.7 Å². The van der Waals surface area contributed by atoms with Crippen LogP contribution in [0.2, 0.25) is 0 Å². The van der Waals surface area contributed by atoms with Crippen LogP contribution in [0.5, 0.6) is 0 Å². The third-order valence-corrected chi connectivity index (χ3v) is 5.30. The van der Waals surface area contributed by atoms with Crippen LogP contribution in [-0.2, 0) is 27.5 Å². The van der Waals surface area contributed by atoms with Gasteiger partial charge in [0.1, 0.15) is 12.2 Å². The van der Waals surface area contributed by atoms with Crippen molar-refractivity contribution in [3.8, 4) is 11.3 Å². The highest BCUT2D eigenvalue weighted by atomic mass is 32.2. The van der Waals surface area contributed by atoms with Gasteiger partial charge in [-0.1, -0.05) is 24.3 Å². The van der Waals surface area contributed by atoms with Crippen molar-refractivity contribution in [2.75, 3.05) is 0 Å². The molecule has 1 N–H and O–H groups in total. The first kappa shape index (κ1) is 23.2. The normalized spacial score (nSPS) is 12.7. The number of halogens is 6. The van der Waals surface area contributed by atoms with E-state index in [1.165, 1.54) is 24.3 Å². The molecule has 0 unspecified atom stereocenters. The summed E-state index contributed by atoms with van der Waals surface area (Å²) in [6.07, 6.45) is -4.63. The fraction of sp³-hybridized carbons (Fsp3) is 0.167. The predicted molar refractivity (Wildman–Crippen MR) is 99.6 cm³/mol. The molecule has 170 valence electrons. The molecule has 0 spiro atoms. The maximum Gasteiger partial charge on any atom is 0.516 e. The van der Waals surface area contributed by atoms with Gasteiger partial charge in [-0.15, -0.1) is 0 Å². The first-order chi connectivity index (χ1) is 14.7. The molecule has 0 bridgehead atoms. The van der Waals surface area contributed by atoms with Crippen molar-refractivity contribution in [2.24, 2.45) is 0 Å². The first-order valence-corrected chi connectivity index (χ1v) is 9.98. The predicted octanol–water partition coefficient (Wildman–Crippen LogP) is 3.05. The van der Waals surface area contributed by atoms with E-state index in [9.17, 15) is 44.3 Å². The van der Waals surface area contributed by atoms with E-state index in [0.717, 1.165) is 16.9 Å². The number of benzene rings is 2. The van der Waals surface area contributed by atoms with Gasteiger partial charge in [0.2, 0.25) is 0 Å². The second-order valence-corrected chi connectivity index (χ2v) is 8.06. The van der Waals surface area contributed by atoms with Crippen LogP contribution in [0.1, 0.15) is 5.56 Å². The maximum atomic E-state index is 12.9. The smallest absolute Gasteiger partial charge is 0.295 e. The third-order valence-electron chi connectivity index (χ3n) is 4.19. The van der Waals surface area contributed by atoms with E-state index in [2.05, 4.69) is 4.98 Å². The fourth-order valence-corrected chi connectivity index (χ4v) is 3.22. The Morgan fingerprint density at radius 2 is 1.56 bits per heavy atom. The average Bonchev–Trinajstić information content (AvgIpc) is 2.68. The molecule has 3 aromatic rings. The lowest BCUT2D eigenvalue weighted by molar-refractivity contribution is -0.137. The molecule has 0 aliphatic rings. The Morgan fingerprint density at radius 1 is 0.969 bits per heavy atom. The number of aromatic nitrogens is 2. The van der Waals surface area contributed by atoms with Crippen LogP contribution in [0.4, 0.5) is 26.3 Å². The number of fused-ring (bicyclic) bond motifs is 1. The van der Waals surface area contributed by atoms with Crippen molar-refractivity contribution in [1.29, 1.82) is 0 Å². The minimum absolute atomic E-state index is 0.00674. The molecule has 0 aliphatic heterocycles. The Kier molecular flexibility index (Phi) is 5.76. The number of sulfonamides is 1. The lowest BCUT2D eigenvalue weighted by Gasteiger charge is -2.14. The number of amides is 1. The van der Waals surface area contributed by atoms with E-state index in [-0.39, 0.29) is 22.3 Å². The highest BCUT2D eigenvalue weighted by molar-refractivity contribution is 7.90. The second kappa shape index (κ2) is 7.93. The summed E-state index contributed by atoms with van der Waals surface area (Å²) in [5, 5.41) is 0. The highest BCUT2D eigenvalue weighted by Crippen LogP contribution is 2.30. The van der Waals surface area contributed by atoms with Gasteiger partial charge in [0.25, 0.3) is 11.5 Å². The SMILES string of the molecule is O=C(Cn1c(=O)c(-c2ccc(C(F)(F)F)cc2)nc2ccccc21)NS(=O)(=O)C(F)(F)F. The van der Waals surface area contributed by atoms with Crippen molar-refractivity contribution in [3.63, 3.8) is 0 Å². The van der Waals surface area contributed by atoms with E-state index in [4.69, 9.17) is 0 Å². The largest absolute Gasteiger partial charge is 0.516 e. The molecule has 14 heteroatoms. The number of hydrogen-bond donors (Lipinski definition) is 1. The molecule has 1 heterocycles. The maximum absolute atomic E-state index is 12.9. The molecule has 1 aromatic heterocycles. The summed E-state index contributed by atoms with van der Waals surface area (Å²) < 4.78 is 99.7. The van der Waals surface area contributed by atoms with Crippen LogP contribution < -0.4 is 10.3 Å². The summed E-state index contributed by atoms with van der Waals surface area (Å²) in [5.74, 6) is -1.65. The van der Waals surface area contributed by atoms with E-state index >= 15 is 0 Å². The van der Waals surface area contributed by atoms with E-state index < -0.39 is 45.3 Å². The van der Waals surface area contributed by atoms with E-state index in [1.807, 2.05) is 0 Å². The van der Waals surface area contributed by atoms with Crippen LogP contribution in [-0.4, -0.2) is 29.4 Å².